The monoisotopic (exact) mass is 451 g/mol. The van der Waals surface area contributed by atoms with E-state index >= 15 is 0 Å². The van der Waals surface area contributed by atoms with Crippen LogP contribution < -0.4 is 15.1 Å². The number of rotatable bonds is 0. The van der Waals surface area contributed by atoms with Crippen LogP contribution in [0.3, 0.4) is 0 Å². The Labute approximate surface area is 191 Å². The lowest BCUT2D eigenvalue weighted by molar-refractivity contribution is -0.732. The van der Waals surface area contributed by atoms with E-state index in [0.717, 1.165) is 22.7 Å². The van der Waals surface area contributed by atoms with Crippen LogP contribution in [0.2, 0.25) is 0 Å². The molecule has 0 amide bonds. The van der Waals surface area contributed by atoms with Crippen molar-refractivity contribution in [3.05, 3.63) is 36.7 Å². The number of hydrogen-bond acceptors (Lipinski definition) is 7. The maximum absolute atomic E-state index is 9.25. The molecule has 0 aliphatic carbocycles. The van der Waals surface area contributed by atoms with Gasteiger partial charge in [0.25, 0.3) is 0 Å². The number of nitrogens with zero attached hydrogens (tertiary/aromatic N) is 9. The molecule has 0 saturated heterocycles. The van der Waals surface area contributed by atoms with E-state index in [1.807, 2.05) is 56.6 Å². The van der Waals surface area contributed by atoms with Crippen molar-refractivity contribution in [2.24, 2.45) is 5.10 Å². The molecule has 2 N–H and O–H groups in total. The molecule has 0 aromatic carbocycles. The van der Waals surface area contributed by atoms with Crippen molar-refractivity contribution in [1.82, 2.24) is 28.8 Å². The van der Waals surface area contributed by atoms with E-state index in [1.165, 1.54) is 6.33 Å². The van der Waals surface area contributed by atoms with Crippen molar-refractivity contribution >= 4 is 33.9 Å². The Balaban J connectivity index is 0.000000160. The Bertz CT molecular complexity index is 1440. The minimum absolute atomic E-state index is 0.00167. The summed E-state index contributed by atoms with van der Waals surface area (Å²) in [6.45, 7) is 14.6. The summed E-state index contributed by atoms with van der Waals surface area (Å²) in [7, 11) is 1.97. The van der Waals surface area contributed by atoms with Gasteiger partial charge < -0.3 is 9.77 Å². The lowest BCUT2D eigenvalue weighted by Gasteiger charge is -2.20. The maximum Gasteiger partial charge on any atom is 0.304 e. The molecule has 4 aromatic rings. The smallest absolute Gasteiger partial charge is 0.304 e. The number of anilines is 1. The Hall–Kier alpha value is -3.76. The largest absolute Gasteiger partial charge is 0.425 e. The predicted molar refractivity (Wildman–Crippen MR) is 125 cm³/mol. The summed E-state index contributed by atoms with van der Waals surface area (Å²) in [6.07, 6.45) is 6.77. The van der Waals surface area contributed by atoms with E-state index < -0.39 is 0 Å². The van der Waals surface area contributed by atoms with E-state index in [1.54, 1.807) is 6.33 Å². The molecule has 33 heavy (non-hydrogen) atoms. The minimum Gasteiger partial charge on any atom is -0.425 e. The number of hydrogen-bond donors (Lipinski definition) is 2. The predicted octanol–water partition coefficient (Wildman–Crippen LogP) is 2.41. The quantitative estimate of drug-likeness (QED) is 0.315. The van der Waals surface area contributed by atoms with Gasteiger partial charge in [-0.05, 0) is 41.5 Å². The van der Waals surface area contributed by atoms with Gasteiger partial charge in [-0.2, -0.15) is 4.73 Å². The molecular weight excluding hydrogens is 420 g/mol. The molecule has 1 aliphatic rings. The fourth-order valence-electron chi connectivity index (χ4n) is 3.78. The highest BCUT2D eigenvalue weighted by molar-refractivity contribution is 5.98. The minimum atomic E-state index is -0.143. The van der Waals surface area contributed by atoms with Crippen LogP contribution in [0.15, 0.2) is 36.3 Å². The van der Waals surface area contributed by atoms with Gasteiger partial charge in [0.1, 0.15) is 18.2 Å². The molecule has 0 atom stereocenters. The number of fused-ring (bicyclic) bond motifs is 1. The van der Waals surface area contributed by atoms with Gasteiger partial charge in [-0.3, -0.25) is 10.4 Å². The molecule has 1 aliphatic heterocycles. The highest BCUT2D eigenvalue weighted by Gasteiger charge is 2.31. The molecule has 4 aromatic heterocycles. The Kier molecular flexibility index (Phi) is 5.03. The fraction of sp³-hybridized carbons (Fsp3) is 0.455. The molecule has 0 spiro atoms. The van der Waals surface area contributed by atoms with Gasteiger partial charge in [0, 0.05) is 25.6 Å². The molecule has 5 rings (SSSR count). The number of imidazole rings is 2. The number of pyridine rings is 1. The van der Waals surface area contributed by atoms with Crippen LogP contribution in [0, 0.1) is 5.41 Å². The zero-order chi connectivity index (χ0) is 24.3. The van der Waals surface area contributed by atoms with Crippen LogP contribution in [0.1, 0.15) is 48.5 Å². The van der Waals surface area contributed by atoms with Crippen LogP contribution in [-0.4, -0.2) is 46.9 Å². The first-order chi connectivity index (χ1) is 15.3. The van der Waals surface area contributed by atoms with Crippen LogP contribution in [0.25, 0.3) is 22.3 Å². The summed E-state index contributed by atoms with van der Waals surface area (Å²) in [5.74, 6) is 0.964. The van der Waals surface area contributed by atoms with Crippen molar-refractivity contribution in [1.29, 1.82) is 5.41 Å². The summed E-state index contributed by atoms with van der Waals surface area (Å²) in [4.78, 5) is 12.7. The topological polar surface area (TPSA) is 117 Å². The summed E-state index contributed by atoms with van der Waals surface area (Å²) >= 11 is 0. The van der Waals surface area contributed by atoms with Crippen LogP contribution in [0.5, 0.6) is 0 Å². The molecular formula is C22H31N10O+. The number of hydrazone groups is 1. The molecule has 0 bridgehead atoms. The summed E-state index contributed by atoms with van der Waals surface area (Å²) < 4.78 is 6.84. The third kappa shape index (κ3) is 3.73. The average molecular weight is 452 g/mol. The first-order valence-corrected chi connectivity index (χ1v) is 10.7. The molecule has 0 saturated carbocycles. The van der Waals surface area contributed by atoms with E-state index in [4.69, 9.17) is 5.41 Å². The van der Waals surface area contributed by atoms with Crippen molar-refractivity contribution < 1.29 is 9.77 Å². The molecule has 174 valence electrons. The third-order valence-electron chi connectivity index (χ3n) is 5.51. The zero-order valence-electron chi connectivity index (χ0n) is 20.4. The first-order valence-electron chi connectivity index (χ1n) is 10.7. The normalized spacial score (nSPS) is 13.8. The maximum atomic E-state index is 9.25. The molecule has 0 radical (unpaired) electrons. The van der Waals surface area contributed by atoms with Gasteiger partial charge in [0.15, 0.2) is 28.8 Å². The van der Waals surface area contributed by atoms with Gasteiger partial charge in [0.05, 0.1) is 11.9 Å². The van der Waals surface area contributed by atoms with Gasteiger partial charge in [0.2, 0.25) is 5.52 Å². The second-order valence-corrected chi connectivity index (χ2v) is 10.1. The molecule has 11 nitrogen and oxygen atoms in total. The zero-order valence-corrected chi connectivity index (χ0v) is 20.4. The van der Waals surface area contributed by atoms with Crippen molar-refractivity contribution in [3.8, 4) is 0 Å². The summed E-state index contributed by atoms with van der Waals surface area (Å²) in [6, 6.07) is 2.00. The van der Waals surface area contributed by atoms with Gasteiger partial charge in [-0.25, -0.2) is 19.1 Å². The first kappa shape index (κ1) is 22.4. The highest BCUT2D eigenvalue weighted by Crippen LogP contribution is 2.28. The Morgan fingerprint density at radius 1 is 1.03 bits per heavy atom. The van der Waals surface area contributed by atoms with Crippen LogP contribution in [-0.2, 0) is 11.1 Å². The molecule has 0 fully saturated rings. The lowest BCUT2D eigenvalue weighted by Crippen LogP contribution is -2.49. The van der Waals surface area contributed by atoms with E-state index in [0.29, 0.717) is 15.9 Å². The molecule has 11 heteroatoms. The second-order valence-electron chi connectivity index (χ2n) is 10.1. The second kappa shape index (κ2) is 7.39. The highest BCUT2D eigenvalue weighted by atomic mass is 16.5. The van der Waals surface area contributed by atoms with E-state index in [-0.39, 0.29) is 16.6 Å². The van der Waals surface area contributed by atoms with Crippen LogP contribution >= 0.6 is 0 Å². The Morgan fingerprint density at radius 3 is 2.36 bits per heavy atom. The van der Waals surface area contributed by atoms with Crippen molar-refractivity contribution in [2.45, 2.75) is 59.5 Å². The van der Waals surface area contributed by atoms with Gasteiger partial charge >= 0.3 is 5.65 Å². The van der Waals surface area contributed by atoms with Crippen molar-refractivity contribution in [3.63, 3.8) is 0 Å². The van der Waals surface area contributed by atoms with Crippen molar-refractivity contribution in [2.75, 3.05) is 12.1 Å². The molecule has 5 heterocycles. The molecule has 0 unspecified atom stereocenters. The summed E-state index contributed by atoms with van der Waals surface area (Å²) in [5, 5.41) is 23.3. The lowest BCUT2D eigenvalue weighted by atomic mass is 10.1. The number of nitrogens with one attached hydrogen (secondary N) is 1. The number of aromatic nitrogens is 7. The van der Waals surface area contributed by atoms with Gasteiger partial charge in [-0.1, -0.05) is 0 Å². The average Bonchev–Trinajstić information content (AvgIpc) is 3.32. The van der Waals surface area contributed by atoms with Crippen LogP contribution in [0.4, 0.5) is 5.69 Å². The Morgan fingerprint density at radius 2 is 1.73 bits per heavy atom. The fourth-order valence-corrected chi connectivity index (χ4v) is 3.78. The summed E-state index contributed by atoms with van der Waals surface area (Å²) in [5.41, 5.74) is 4.03. The third-order valence-corrected chi connectivity index (χ3v) is 5.51. The van der Waals surface area contributed by atoms with E-state index in [9.17, 15) is 5.21 Å². The van der Waals surface area contributed by atoms with E-state index in [2.05, 4.69) is 56.3 Å². The standard InChI is InChI=1S/C13H18N5.C9H13N5O/c1-9-15-16(5)10-6-7-14-12-11(10)17(9)8-18(12)13(2,3)4;1-9(2,3)13-4-11-6-7(10)14(15)5-12-8(6)13/h6-8H,1-5H3;4-5,10,15H,1-3H3/q+1;. The van der Waals surface area contributed by atoms with Gasteiger partial charge in [-0.15, -0.1) is 10.1 Å². The SMILES string of the molecule is CC(C)(C)n1cnc2c(=N)n(O)cnc21.CC1=NN(C)c2ccnc3c2n1c[n+]3C(C)(C)C.